The molecule has 0 spiro atoms. The zero-order valence-electron chi connectivity index (χ0n) is 24.3. The molecule has 7 aromatic carbocycles. The predicted octanol–water partition coefficient (Wildman–Crippen LogP) is 11.4. The minimum Gasteiger partial charge on any atom is -0.456 e. The van der Waals surface area contributed by atoms with Crippen LogP contribution in [-0.4, -0.2) is 9.13 Å². The fourth-order valence-electron chi connectivity index (χ4n) is 7.37. The minimum absolute atomic E-state index is 0.914. The van der Waals surface area contributed by atoms with Crippen molar-refractivity contribution in [1.82, 2.24) is 9.13 Å². The summed E-state index contributed by atoms with van der Waals surface area (Å²) in [6, 6.07) is 56.6. The van der Waals surface area contributed by atoms with Gasteiger partial charge in [-0.1, -0.05) is 84.9 Å². The largest absolute Gasteiger partial charge is 0.456 e. The van der Waals surface area contributed by atoms with E-state index in [0.717, 1.165) is 33.3 Å². The lowest BCUT2D eigenvalue weighted by molar-refractivity contribution is 0.669. The number of benzene rings is 7. The number of aromatic nitrogens is 2. The molecule has 3 heterocycles. The highest BCUT2D eigenvalue weighted by molar-refractivity contribution is 6.29. The van der Waals surface area contributed by atoms with Gasteiger partial charge in [-0.3, -0.25) is 0 Å². The Morgan fingerprint density at radius 3 is 1.53 bits per heavy atom. The van der Waals surface area contributed by atoms with Crippen LogP contribution in [0.2, 0.25) is 0 Å². The molecule has 0 fully saturated rings. The highest BCUT2D eigenvalue weighted by atomic mass is 16.3. The Hall–Kier alpha value is -6.06. The van der Waals surface area contributed by atoms with E-state index in [2.05, 4.69) is 155 Å². The van der Waals surface area contributed by atoms with Gasteiger partial charge in [0.05, 0.1) is 22.1 Å². The third-order valence-electron chi connectivity index (χ3n) is 9.30. The molecule has 10 aromatic rings. The molecule has 0 saturated heterocycles. The fraction of sp³-hybridized carbons (Fsp3) is 0. The van der Waals surface area contributed by atoms with Crippen LogP contribution >= 0.6 is 0 Å². The maximum atomic E-state index is 6.15. The van der Waals surface area contributed by atoms with Crippen LogP contribution in [-0.2, 0) is 0 Å². The molecule has 0 radical (unpaired) electrons. The van der Waals surface area contributed by atoms with E-state index >= 15 is 0 Å². The third-order valence-corrected chi connectivity index (χ3v) is 9.30. The Kier molecular flexibility index (Phi) is 5.00. The van der Waals surface area contributed by atoms with Gasteiger partial charge in [-0.05, 0) is 83.9 Å². The molecule has 0 unspecified atom stereocenters. The number of hydrogen-bond acceptors (Lipinski definition) is 1. The summed E-state index contributed by atoms with van der Waals surface area (Å²) < 4.78 is 11.0. The smallest absolute Gasteiger partial charge is 0.135 e. The SMILES string of the molecule is c1ccc(-n2c3ccccc3c3c4c5cc(-c6ccc7oc8ccccc8c7c6)ccc5n(-c5ccccc5)c4ccc32)cc1. The second-order valence-corrected chi connectivity index (χ2v) is 11.8. The third kappa shape index (κ3) is 3.46. The highest BCUT2D eigenvalue weighted by Gasteiger charge is 2.21. The summed E-state index contributed by atoms with van der Waals surface area (Å²) in [6.45, 7) is 0. The van der Waals surface area contributed by atoms with E-state index in [4.69, 9.17) is 4.42 Å². The van der Waals surface area contributed by atoms with Crippen LogP contribution in [0.15, 0.2) is 162 Å². The van der Waals surface area contributed by atoms with Crippen molar-refractivity contribution in [2.75, 3.05) is 0 Å². The molecule has 3 aromatic heterocycles. The first-order valence-electron chi connectivity index (χ1n) is 15.4. The Morgan fingerprint density at radius 2 is 0.822 bits per heavy atom. The summed E-state index contributed by atoms with van der Waals surface area (Å²) in [4.78, 5) is 0. The van der Waals surface area contributed by atoms with E-state index in [1.165, 1.54) is 54.7 Å². The van der Waals surface area contributed by atoms with Gasteiger partial charge in [-0.25, -0.2) is 0 Å². The van der Waals surface area contributed by atoms with Crippen LogP contribution in [0.5, 0.6) is 0 Å². The average Bonchev–Trinajstić information content (AvgIpc) is 3.76. The number of fused-ring (bicyclic) bond motifs is 10. The molecule has 0 aliphatic heterocycles. The second kappa shape index (κ2) is 9.22. The first-order valence-corrected chi connectivity index (χ1v) is 15.4. The first-order chi connectivity index (χ1) is 22.3. The van der Waals surface area contributed by atoms with Crippen molar-refractivity contribution in [3.05, 3.63) is 158 Å². The Labute approximate surface area is 258 Å². The normalized spacial score (nSPS) is 12.0. The Balaban J connectivity index is 1.34. The zero-order valence-corrected chi connectivity index (χ0v) is 24.3. The summed E-state index contributed by atoms with van der Waals surface area (Å²) in [5, 5.41) is 7.33. The lowest BCUT2D eigenvalue weighted by Gasteiger charge is -2.09. The van der Waals surface area contributed by atoms with Crippen molar-refractivity contribution in [2.24, 2.45) is 0 Å². The molecule has 3 heteroatoms. The summed E-state index contributed by atoms with van der Waals surface area (Å²) in [5.41, 5.74) is 11.3. The van der Waals surface area contributed by atoms with Crippen LogP contribution in [0.1, 0.15) is 0 Å². The van der Waals surface area contributed by atoms with Crippen LogP contribution in [0.4, 0.5) is 0 Å². The predicted molar refractivity (Wildman–Crippen MR) is 188 cm³/mol. The first kappa shape index (κ1) is 24.4. The van der Waals surface area contributed by atoms with Gasteiger partial charge in [0.25, 0.3) is 0 Å². The van der Waals surface area contributed by atoms with Crippen molar-refractivity contribution >= 4 is 65.6 Å². The minimum atomic E-state index is 0.914. The van der Waals surface area contributed by atoms with Crippen molar-refractivity contribution in [3.63, 3.8) is 0 Å². The van der Waals surface area contributed by atoms with Crippen LogP contribution in [0.25, 0.3) is 88.1 Å². The van der Waals surface area contributed by atoms with Gasteiger partial charge in [0.1, 0.15) is 11.2 Å². The number of furan rings is 1. The van der Waals surface area contributed by atoms with E-state index in [1.54, 1.807) is 0 Å². The maximum Gasteiger partial charge on any atom is 0.135 e. The van der Waals surface area contributed by atoms with Crippen LogP contribution < -0.4 is 0 Å². The lowest BCUT2D eigenvalue weighted by atomic mass is 9.99. The molecule has 0 bridgehead atoms. The van der Waals surface area contributed by atoms with Gasteiger partial charge in [-0.2, -0.15) is 0 Å². The summed E-state index contributed by atoms with van der Waals surface area (Å²) >= 11 is 0. The molecule has 0 N–H and O–H groups in total. The maximum absolute atomic E-state index is 6.15. The van der Waals surface area contributed by atoms with Crippen LogP contribution in [0.3, 0.4) is 0 Å². The average molecular weight is 575 g/mol. The molecule has 0 atom stereocenters. The molecule has 10 rings (SSSR count). The number of para-hydroxylation sites is 4. The van der Waals surface area contributed by atoms with E-state index < -0.39 is 0 Å². The second-order valence-electron chi connectivity index (χ2n) is 11.8. The summed E-state index contributed by atoms with van der Waals surface area (Å²) in [6.07, 6.45) is 0. The van der Waals surface area contributed by atoms with Crippen LogP contribution in [0, 0.1) is 0 Å². The summed E-state index contributed by atoms with van der Waals surface area (Å²) in [7, 11) is 0. The molecule has 210 valence electrons. The molecular formula is C42H26N2O. The van der Waals surface area contributed by atoms with Gasteiger partial charge in [-0.15, -0.1) is 0 Å². The summed E-state index contributed by atoms with van der Waals surface area (Å²) in [5.74, 6) is 0. The molecule has 0 amide bonds. The monoisotopic (exact) mass is 574 g/mol. The highest BCUT2D eigenvalue weighted by Crippen LogP contribution is 2.43. The topological polar surface area (TPSA) is 23.0 Å². The van der Waals surface area contributed by atoms with E-state index in [-0.39, 0.29) is 0 Å². The van der Waals surface area contributed by atoms with E-state index in [1.807, 2.05) is 12.1 Å². The Morgan fingerprint density at radius 1 is 0.333 bits per heavy atom. The van der Waals surface area contributed by atoms with E-state index in [9.17, 15) is 0 Å². The quantitative estimate of drug-likeness (QED) is 0.206. The Bertz CT molecular complexity index is 2740. The van der Waals surface area contributed by atoms with Gasteiger partial charge >= 0.3 is 0 Å². The molecule has 0 aliphatic carbocycles. The molecule has 3 nitrogen and oxygen atoms in total. The number of nitrogens with zero attached hydrogens (tertiary/aromatic N) is 2. The van der Waals surface area contributed by atoms with E-state index in [0.29, 0.717) is 0 Å². The van der Waals surface area contributed by atoms with Crippen molar-refractivity contribution in [1.29, 1.82) is 0 Å². The number of rotatable bonds is 3. The van der Waals surface area contributed by atoms with Crippen molar-refractivity contribution < 1.29 is 4.42 Å². The van der Waals surface area contributed by atoms with Gasteiger partial charge in [0.15, 0.2) is 0 Å². The molecule has 0 aliphatic rings. The lowest BCUT2D eigenvalue weighted by Crippen LogP contribution is -1.94. The molecule has 0 saturated carbocycles. The van der Waals surface area contributed by atoms with Gasteiger partial charge in [0, 0.05) is 43.7 Å². The van der Waals surface area contributed by atoms with Gasteiger partial charge in [0.2, 0.25) is 0 Å². The van der Waals surface area contributed by atoms with Gasteiger partial charge < -0.3 is 13.6 Å². The zero-order chi connectivity index (χ0) is 29.5. The van der Waals surface area contributed by atoms with Crippen molar-refractivity contribution in [3.8, 4) is 22.5 Å². The molecule has 45 heavy (non-hydrogen) atoms. The fourth-order valence-corrected chi connectivity index (χ4v) is 7.37. The van der Waals surface area contributed by atoms with Crippen molar-refractivity contribution in [2.45, 2.75) is 0 Å². The standard InChI is InChI=1S/C42H26N2O/c1-3-11-29(12-4-1)43-35-17-9-7-16-32(35)41-37(43)22-23-38-42(41)34-26-27(19-21-36(34)44(38)30-13-5-2-6-14-30)28-20-24-40-33(25-28)31-15-8-10-18-39(31)45-40/h1-26H. The molecular weight excluding hydrogens is 548 g/mol. The number of hydrogen-bond donors (Lipinski definition) is 0.